The van der Waals surface area contributed by atoms with Crippen molar-refractivity contribution in [2.75, 3.05) is 0 Å². The molecule has 0 bridgehead atoms. The molecule has 0 fully saturated rings. The highest BCUT2D eigenvalue weighted by molar-refractivity contribution is 6.70. The number of aromatic nitrogens is 2. The molecule has 0 aliphatic heterocycles. The van der Waals surface area contributed by atoms with Gasteiger partial charge < -0.3 is 4.43 Å². The van der Waals surface area contributed by atoms with E-state index in [0.717, 1.165) is 22.6 Å². The Labute approximate surface area is 121 Å². The molecule has 2 rings (SSSR count). The predicted octanol–water partition coefficient (Wildman–Crippen LogP) is 3.63. The molecule has 20 heavy (non-hydrogen) atoms. The van der Waals surface area contributed by atoms with Crippen molar-refractivity contribution in [1.82, 2.24) is 10.2 Å². The molecule has 0 aliphatic carbocycles. The van der Waals surface area contributed by atoms with Crippen LogP contribution in [0.5, 0.6) is 5.75 Å². The number of para-hydroxylation sites is 1. The Morgan fingerprint density at radius 1 is 1.30 bits per heavy atom. The monoisotopic (exact) mass is 287 g/mol. The lowest BCUT2D eigenvalue weighted by atomic mass is 10.2. The van der Waals surface area contributed by atoms with Crippen LogP contribution < -0.4 is 4.43 Å². The first-order chi connectivity index (χ1) is 9.46. The molecule has 2 aromatic rings. The van der Waals surface area contributed by atoms with E-state index in [0.29, 0.717) is 6.54 Å². The summed E-state index contributed by atoms with van der Waals surface area (Å²) in [7, 11) is -1.60. The van der Waals surface area contributed by atoms with Crippen LogP contribution in [0, 0.1) is 0 Å². The van der Waals surface area contributed by atoms with Crippen molar-refractivity contribution in [3.63, 3.8) is 0 Å². The summed E-state index contributed by atoms with van der Waals surface area (Å²) >= 11 is 0. The van der Waals surface area contributed by atoms with Gasteiger partial charge in [-0.2, -0.15) is 5.10 Å². The zero-order valence-electron chi connectivity index (χ0n) is 12.5. The van der Waals surface area contributed by atoms with Crippen molar-refractivity contribution in [1.29, 1.82) is 0 Å². The van der Waals surface area contributed by atoms with Crippen LogP contribution in [-0.2, 0) is 6.54 Å². The third-order valence-electron chi connectivity index (χ3n) is 2.79. The molecule has 0 spiro atoms. The Balaban J connectivity index is 2.16. The fourth-order valence-electron chi connectivity index (χ4n) is 1.81. The van der Waals surface area contributed by atoms with E-state index in [1.165, 1.54) is 0 Å². The molecule has 0 radical (unpaired) electrons. The van der Waals surface area contributed by atoms with Crippen LogP contribution in [0.25, 0.3) is 0 Å². The van der Waals surface area contributed by atoms with Gasteiger partial charge in [0.2, 0.25) is 8.32 Å². The third kappa shape index (κ3) is 4.06. The number of nitrogens with zero attached hydrogens (tertiary/aromatic N) is 2. The van der Waals surface area contributed by atoms with Crippen LogP contribution in [0.2, 0.25) is 19.6 Å². The number of hydrogen-bond donors (Lipinski definition) is 1. The van der Waals surface area contributed by atoms with Crippen LogP contribution >= 0.6 is 0 Å². The number of aliphatic imine (C=N–C) groups is 1. The van der Waals surface area contributed by atoms with Crippen molar-refractivity contribution in [2.45, 2.75) is 33.1 Å². The molecule has 5 heteroatoms. The number of benzene rings is 1. The summed E-state index contributed by atoms with van der Waals surface area (Å²) in [5.41, 5.74) is 3.12. The molecule has 1 N–H and O–H groups in total. The van der Waals surface area contributed by atoms with Crippen molar-refractivity contribution in [2.24, 2.45) is 4.99 Å². The van der Waals surface area contributed by atoms with Gasteiger partial charge in [0.25, 0.3) is 0 Å². The molecule has 0 aliphatic rings. The maximum Gasteiger partial charge on any atom is 0.242 e. The molecular formula is C15H21N3OSi. The molecule has 1 heterocycles. The van der Waals surface area contributed by atoms with Crippen molar-refractivity contribution in [3.05, 3.63) is 47.8 Å². The first-order valence-corrected chi connectivity index (χ1v) is 10.1. The van der Waals surface area contributed by atoms with Gasteiger partial charge in [0.1, 0.15) is 5.75 Å². The Hall–Kier alpha value is -1.88. The second-order valence-electron chi connectivity index (χ2n) is 5.71. The van der Waals surface area contributed by atoms with Crippen LogP contribution in [0.3, 0.4) is 0 Å². The van der Waals surface area contributed by atoms with E-state index in [4.69, 9.17) is 4.43 Å². The second kappa shape index (κ2) is 6.05. The van der Waals surface area contributed by atoms with Crippen molar-refractivity contribution >= 4 is 14.0 Å². The van der Waals surface area contributed by atoms with E-state index in [1.807, 2.05) is 31.3 Å². The van der Waals surface area contributed by atoms with Gasteiger partial charge in [0.05, 0.1) is 12.7 Å². The van der Waals surface area contributed by atoms with Gasteiger partial charge in [-0.25, -0.2) is 0 Å². The molecule has 0 unspecified atom stereocenters. The normalized spacial score (nSPS) is 12.5. The molecule has 1 aromatic heterocycles. The van der Waals surface area contributed by atoms with E-state index in [-0.39, 0.29) is 0 Å². The summed E-state index contributed by atoms with van der Waals surface area (Å²) in [6.45, 7) is 9.17. The third-order valence-corrected chi connectivity index (χ3v) is 3.62. The van der Waals surface area contributed by atoms with Gasteiger partial charge >= 0.3 is 0 Å². The van der Waals surface area contributed by atoms with E-state index in [9.17, 15) is 0 Å². The SMILES string of the molecule is CC(=NCc1ccccc1O[Si](C)(C)C)c1cn[nH]c1. The van der Waals surface area contributed by atoms with Crippen LogP contribution in [0.4, 0.5) is 0 Å². The number of nitrogens with one attached hydrogen (secondary N) is 1. The maximum atomic E-state index is 6.11. The van der Waals surface area contributed by atoms with Crippen LogP contribution in [0.1, 0.15) is 18.1 Å². The van der Waals surface area contributed by atoms with E-state index < -0.39 is 8.32 Å². The molecule has 106 valence electrons. The minimum absolute atomic E-state index is 0.623. The molecule has 1 aromatic carbocycles. The smallest absolute Gasteiger partial charge is 0.242 e. The number of hydrogen-bond acceptors (Lipinski definition) is 3. The van der Waals surface area contributed by atoms with Gasteiger partial charge in [-0.3, -0.25) is 10.1 Å². The molecule has 4 nitrogen and oxygen atoms in total. The topological polar surface area (TPSA) is 50.3 Å². The summed E-state index contributed by atoms with van der Waals surface area (Å²) in [4.78, 5) is 4.62. The van der Waals surface area contributed by atoms with Crippen molar-refractivity contribution in [3.8, 4) is 5.75 Å². The number of rotatable bonds is 5. The lowest BCUT2D eigenvalue weighted by Gasteiger charge is -2.21. The molecule has 0 atom stereocenters. The zero-order valence-corrected chi connectivity index (χ0v) is 13.5. The Kier molecular flexibility index (Phi) is 4.39. The molecule has 0 amide bonds. The first kappa shape index (κ1) is 14.5. The minimum Gasteiger partial charge on any atom is -0.544 e. The van der Waals surface area contributed by atoms with Gasteiger partial charge in [-0.15, -0.1) is 0 Å². The largest absolute Gasteiger partial charge is 0.544 e. The van der Waals surface area contributed by atoms with E-state index >= 15 is 0 Å². The van der Waals surface area contributed by atoms with Gasteiger partial charge in [0.15, 0.2) is 0 Å². The fraction of sp³-hybridized carbons (Fsp3) is 0.333. The second-order valence-corrected chi connectivity index (χ2v) is 10.1. The summed E-state index contributed by atoms with van der Waals surface area (Å²) in [5.74, 6) is 0.954. The van der Waals surface area contributed by atoms with Crippen molar-refractivity contribution < 1.29 is 4.43 Å². The Morgan fingerprint density at radius 2 is 2.05 bits per heavy atom. The average Bonchev–Trinajstić information content (AvgIpc) is 2.89. The molecular weight excluding hydrogens is 266 g/mol. The highest BCUT2D eigenvalue weighted by atomic mass is 28.4. The number of aromatic amines is 1. The number of H-pyrrole nitrogens is 1. The quantitative estimate of drug-likeness (QED) is 0.674. The van der Waals surface area contributed by atoms with Gasteiger partial charge in [0, 0.05) is 23.0 Å². The first-order valence-electron chi connectivity index (χ1n) is 6.73. The summed E-state index contributed by atoms with van der Waals surface area (Å²) < 4.78 is 6.11. The lowest BCUT2D eigenvalue weighted by molar-refractivity contribution is 0.549. The lowest BCUT2D eigenvalue weighted by Crippen LogP contribution is -2.29. The molecule has 0 saturated heterocycles. The predicted molar refractivity (Wildman–Crippen MR) is 84.9 cm³/mol. The fourth-order valence-corrected chi connectivity index (χ4v) is 2.67. The highest BCUT2D eigenvalue weighted by Crippen LogP contribution is 2.22. The summed E-state index contributed by atoms with van der Waals surface area (Å²) in [5, 5.41) is 6.74. The van der Waals surface area contributed by atoms with Gasteiger partial charge in [-0.1, -0.05) is 18.2 Å². The van der Waals surface area contributed by atoms with E-state index in [2.05, 4.69) is 40.9 Å². The summed E-state index contributed by atoms with van der Waals surface area (Å²) in [6, 6.07) is 8.12. The Morgan fingerprint density at radius 3 is 2.70 bits per heavy atom. The van der Waals surface area contributed by atoms with Crippen LogP contribution in [0.15, 0.2) is 41.7 Å². The summed E-state index contributed by atoms with van der Waals surface area (Å²) in [6.07, 6.45) is 3.63. The standard InChI is InChI=1S/C15H21N3OSi/c1-12(14-10-17-18-11-14)16-9-13-7-5-6-8-15(13)19-20(2,3)4/h5-8,10-11H,9H2,1-4H3,(H,17,18). The Bertz CT molecular complexity index is 585. The minimum atomic E-state index is -1.60. The van der Waals surface area contributed by atoms with E-state index in [1.54, 1.807) is 6.20 Å². The van der Waals surface area contributed by atoms with Crippen LogP contribution in [-0.4, -0.2) is 24.2 Å². The average molecular weight is 287 g/mol. The maximum absolute atomic E-state index is 6.11. The molecule has 0 saturated carbocycles. The zero-order chi connectivity index (χ0) is 14.6. The van der Waals surface area contributed by atoms with Gasteiger partial charge in [-0.05, 0) is 32.6 Å². The highest BCUT2D eigenvalue weighted by Gasteiger charge is 2.17.